The average molecular weight is 456 g/mol. The fraction of sp³-hybridized carbons (Fsp3) is 0.480. The van der Waals surface area contributed by atoms with Crippen molar-refractivity contribution < 1.29 is 23.7 Å². The third-order valence-electron chi connectivity index (χ3n) is 6.49. The molecule has 178 valence electrons. The van der Waals surface area contributed by atoms with Gasteiger partial charge in [-0.25, -0.2) is 0 Å². The predicted molar refractivity (Wildman–Crippen MR) is 127 cm³/mol. The highest BCUT2D eigenvalue weighted by Gasteiger charge is 2.26. The van der Waals surface area contributed by atoms with Gasteiger partial charge in [-0.3, -0.25) is 9.69 Å². The van der Waals surface area contributed by atoms with Crippen LogP contribution < -0.4 is 24.4 Å². The molecule has 1 saturated heterocycles. The van der Waals surface area contributed by atoms with Crippen LogP contribution in [0.5, 0.6) is 17.2 Å². The molecule has 2 aliphatic rings. The smallest absolute Gasteiger partial charge is 0.251 e. The van der Waals surface area contributed by atoms with Gasteiger partial charge in [0, 0.05) is 44.5 Å². The summed E-state index contributed by atoms with van der Waals surface area (Å²) in [5.74, 6) is 1.18. The Morgan fingerprint density at radius 2 is 1.73 bits per heavy atom. The lowest BCUT2D eigenvalue weighted by molar-refractivity contribution is 0.0162. The minimum Gasteiger partial charge on any atom is -0.493 e. The summed E-state index contributed by atoms with van der Waals surface area (Å²) in [5.41, 5.74) is 4.34. The standard InChI is InChI=1S/C25H33N3O5/c1-27-8-7-18-13-17(5-6-20(18)27)21(28-9-11-33-12-10-28)16-26-25(29)19-14-22(30-2)24(32-4)23(15-19)31-3/h5-6,13-15,21H,7-12,16H2,1-4H3,(H,26,29)/t21-/m0/s1. The molecule has 0 radical (unpaired) electrons. The summed E-state index contributed by atoms with van der Waals surface area (Å²) in [5, 5.41) is 3.13. The summed E-state index contributed by atoms with van der Waals surface area (Å²) in [7, 11) is 6.75. The Bertz CT molecular complexity index is 965. The van der Waals surface area contributed by atoms with Crippen LogP contribution in [0.1, 0.15) is 27.5 Å². The highest BCUT2D eigenvalue weighted by atomic mass is 16.5. The van der Waals surface area contributed by atoms with E-state index in [1.165, 1.54) is 16.8 Å². The van der Waals surface area contributed by atoms with Crippen LogP contribution in [0.4, 0.5) is 5.69 Å². The maximum absolute atomic E-state index is 13.1. The number of carbonyl (C=O) groups is 1. The molecular weight excluding hydrogens is 422 g/mol. The molecular formula is C25H33N3O5. The number of methoxy groups -OCH3 is 3. The molecule has 2 heterocycles. The number of likely N-dealkylation sites (N-methyl/N-ethyl adjacent to an activating group) is 1. The molecule has 1 N–H and O–H groups in total. The predicted octanol–water partition coefficient (Wildman–Crippen LogP) is 2.51. The molecule has 2 aromatic rings. The van der Waals surface area contributed by atoms with E-state index in [0.29, 0.717) is 42.6 Å². The summed E-state index contributed by atoms with van der Waals surface area (Å²) in [6, 6.07) is 10.1. The number of ether oxygens (including phenoxy) is 4. The highest BCUT2D eigenvalue weighted by molar-refractivity contribution is 5.95. The Hall–Kier alpha value is -2.97. The van der Waals surface area contributed by atoms with E-state index in [1.807, 2.05) is 0 Å². The van der Waals surface area contributed by atoms with Crippen LogP contribution in [0.3, 0.4) is 0 Å². The second-order valence-electron chi connectivity index (χ2n) is 8.35. The van der Waals surface area contributed by atoms with E-state index in [1.54, 1.807) is 33.5 Å². The van der Waals surface area contributed by atoms with E-state index in [2.05, 4.69) is 40.4 Å². The van der Waals surface area contributed by atoms with Crippen LogP contribution in [0.15, 0.2) is 30.3 Å². The van der Waals surface area contributed by atoms with Crippen LogP contribution in [-0.4, -0.2) is 78.6 Å². The molecule has 1 fully saturated rings. The van der Waals surface area contributed by atoms with Crippen molar-refractivity contribution >= 4 is 11.6 Å². The van der Waals surface area contributed by atoms with Crippen molar-refractivity contribution in [2.45, 2.75) is 12.5 Å². The number of morpholine rings is 1. The topological polar surface area (TPSA) is 72.5 Å². The largest absolute Gasteiger partial charge is 0.493 e. The van der Waals surface area contributed by atoms with E-state index >= 15 is 0 Å². The van der Waals surface area contributed by atoms with Crippen LogP contribution in [0.2, 0.25) is 0 Å². The number of carbonyl (C=O) groups excluding carboxylic acids is 1. The summed E-state index contributed by atoms with van der Waals surface area (Å²) >= 11 is 0. The zero-order valence-corrected chi connectivity index (χ0v) is 19.8. The summed E-state index contributed by atoms with van der Waals surface area (Å²) in [4.78, 5) is 17.8. The van der Waals surface area contributed by atoms with Crippen molar-refractivity contribution in [2.75, 3.05) is 72.7 Å². The van der Waals surface area contributed by atoms with E-state index < -0.39 is 0 Å². The van der Waals surface area contributed by atoms with Crippen LogP contribution >= 0.6 is 0 Å². The quantitative estimate of drug-likeness (QED) is 0.656. The van der Waals surface area contributed by atoms with Crippen LogP contribution in [0, 0.1) is 0 Å². The molecule has 1 amide bonds. The van der Waals surface area contributed by atoms with E-state index in [-0.39, 0.29) is 11.9 Å². The Morgan fingerprint density at radius 3 is 2.36 bits per heavy atom. The number of hydrogen-bond acceptors (Lipinski definition) is 7. The van der Waals surface area contributed by atoms with Crippen molar-refractivity contribution in [1.82, 2.24) is 10.2 Å². The number of hydrogen-bond donors (Lipinski definition) is 1. The maximum atomic E-state index is 13.1. The first-order valence-electron chi connectivity index (χ1n) is 11.3. The molecule has 2 aromatic carbocycles. The third-order valence-corrected chi connectivity index (χ3v) is 6.49. The lowest BCUT2D eigenvalue weighted by Gasteiger charge is -2.35. The highest BCUT2D eigenvalue weighted by Crippen LogP contribution is 2.38. The van der Waals surface area contributed by atoms with Crippen LogP contribution in [-0.2, 0) is 11.2 Å². The monoisotopic (exact) mass is 455 g/mol. The minimum atomic E-state index is -0.187. The van der Waals surface area contributed by atoms with Gasteiger partial charge in [-0.05, 0) is 35.7 Å². The molecule has 33 heavy (non-hydrogen) atoms. The van der Waals surface area contributed by atoms with Gasteiger partial charge >= 0.3 is 0 Å². The van der Waals surface area contributed by atoms with Gasteiger partial charge in [-0.15, -0.1) is 0 Å². The Balaban J connectivity index is 1.56. The maximum Gasteiger partial charge on any atom is 0.251 e. The van der Waals surface area contributed by atoms with Gasteiger partial charge in [0.25, 0.3) is 5.91 Å². The normalized spacial score (nSPS) is 16.8. The van der Waals surface area contributed by atoms with Crippen LogP contribution in [0.25, 0.3) is 0 Å². The van der Waals surface area contributed by atoms with Gasteiger partial charge in [0.2, 0.25) is 5.75 Å². The van der Waals surface area contributed by atoms with Crippen molar-refractivity contribution in [3.05, 3.63) is 47.0 Å². The number of fused-ring (bicyclic) bond motifs is 1. The SMILES string of the molecule is COc1cc(C(=O)NC[C@@H](c2ccc3c(c2)CCN3C)N2CCOCC2)cc(OC)c1OC. The molecule has 0 aliphatic carbocycles. The zero-order chi connectivity index (χ0) is 23.4. The molecule has 0 unspecified atom stereocenters. The number of nitrogens with one attached hydrogen (secondary N) is 1. The van der Waals surface area contributed by atoms with Crippen molar-refractivity contribution in [1.29, 1.82) is 0 Å². The summed E-state index contributed by atoms with van der Waals surface area (Å²) in [6.45, 7) is 4.60. The molecule has 0 spiro atoms. The molecule has 0 bridgehead atoms. The third kappa shape index (κ3) is 4.86. The minimum absolute atomic E-state index is 0.0658. The van der Waals surface area contributed by atoms with E-state index in [4.69, 9.17) is 18.9 Å². The molecule has 2 aliphatic heterocycles. The van der Waals surface area contributed by atoms with Gasteiger partial charge in [0.05, 0.1) is 40.6 Å². The fourth-order valence-corrected chi connectivity index (χ4v) is 4.64. The number of anilines is 1. The Labute approximate surface area is 195 Å². The Morgan fingerprint density at radius 1 is 1.03 bits per heavy atom. The number of benzene rings is 2. The van der Waals surface area contributed by atoms with Crippen molar-refractivity contribution in [3.8, 4) is 17.2 Å². The Kier molecular flexibility index (Phi) is 7.25. The lowest BCUT2D eigenvalue weighted by Crippen LogP contribution is -2.43. The summed E-state index contributed by atoms with van der Waals surface area (Å²) in [6.07, 6.45) is 1.05. The van der Waals surface area contributed by atoms with E-state index in [0.717, 1.165) is 26.1 Å². The number of nitrogens with zero attached hydrogens (tertiary/aromatic N) is 2. The number of rotatable bonds is 8. The average Bonchev–Trinajstić information content (AvgIpc) is 3.23. The van der Waals surface area contributed by atoms with Gasteiger partial charge in [-0.2, -0.15) is 0 Å². The molecule has 1 atom stereocenters. The number of amides is 1. The van der Waals surface area contributed by atoms with Gasteiger partial charge < -0.3 is 29.2 Å². The first kappa shape index (κ1) is 23.2. The second kappa shape index (κ2) is 10.3. The molecule has 8 heteroatoms. The summed E-state index contributed by atoms with van der Waals surface area (Å²) < 4.78 is 21.7. The zero-order valence-electron chi connectivity index (χ0n) is 19.8. The van der Waals surface area contributed by atoms with Gasteiger partial charge in [0.15, 0.2) is 11.5 Å². The lowest BCUT2D eigenvalue weighted by atomic mass is 10.00. The van der Waals surface area contributed by atoms with Gasteiger partial charge in [-0.1, -0.05) is 12.1 Å². The van der Waals surface area contributed by atoms with Gasteiger partial charge in [0.1, 0.15) is 0 Å². The second-order valence-corrected chi connectivity index (χ2v) is 8.35. The van der Waals surface area contributed by atoms with Crippen molar-refractivity contribution in [3.63, 3.8) is 0 Å². The van der Waals surface area contributed by atoms with E-state index in [9.17, 15) is 4.79 Å². The molecule has 4 rings (SSSR count). The first-order valence-corrected chi connectivity index (χ1v) is 11.3. The fourth-order valence-electron chi connectivity index (χ4n) is 4.64. The molecule has 0 saturated carbocycles. The van der Waals surface area contributed by atoms with Crippen molar-refractivity contribution in [2.24, 2.45) is 0 Å². The molecule has 0 aromatic heterocycles. The molecule has 8 nitrogen and oxygen atoms in total. The first-order chi connectivity index (χ1) is 16.0.